The Hall–Kier alpha value is -1.77. The number of hydrogen-bond acceptors (Lipinski definition) is 3. The van der Waals surface area contributed by atoms with Crippen LogP contribution < -0.4 is 4.74 Å². The minimum atomic E-state index is -0.292. The van der Waals surface area contributed by atoms with E-state index in [9.17, 15) is 4.79 Å². The molecule has 0 saturated carbocycles. The number of rotatable bonds is 5. The fourth-order valence-electron chi connectivity index (χ4n) is 1.59. The van der Waals surface area contributed by atoms with Gasteiger partial charge in [0, 0.05) is 6.08 Å². The molecule has 0 amide bonds. The van der Waals surface area contributed by atoms with Gasteiger partial charge in [-0.05, 0) is 31.9 Å². The fourth-order valence-corrected chi connectivity index (χ4v) is 1.59. The zero-order valence-corrected chi connectivity index (χ0v) is 10.5. The Bertz CT molecular complexity index is 408. The van der Waals surface area contributed by atoms with Crippen LogP contribution in [0.15, 0.2) is 35.9 Å². The molecule has 17 heavy (non-hydrogen) atoms. The van der Waals surface area contributed by atoms with Crippen LogP contribution >= 0.6 is 0 Å². The minimum absolute atomic E-state index is 0.292. The lowest BCUT2D eigenvalue weighted by Gasteiger charge is -2.08. The first-order valence-electron chi connectivity index (χ1n) is 5.63. The number of esters is 1. The summed E-state index contributed by atoms with van der Waals surface area (Å²) < 4.78 is 10.1. The highest BCUT2D eigenvalue weighted by Gasteiger charge is 2.04. The van der Waals surface area contributed by atoms with Gasteiger partial charge in [0.15, 0.2) is 0 Å². The zero-order valence-electron chi connectivity index (χ0n) is 10.5. The third kappa shape index (κ3) is 4.31. The Kier molecular flexibility index (Phi) is 5.27. The van der Waals surface area contributed by atoms with E-state index in [0.717, 1.165) is 16.9 Å². The van der Waals surface area contributed by atoms with Gasteiger partial charge in [0.2, 0.25) is 0 Å². The van der Waals surface area contributed by atoms with Crippen LogP contribution in [-0.2, 0) is 16.0 Å². The molecular weight excluding hydrogens is 216 g/mol. The molecule has 0 atom stereocenters. The van der Waals surface area contributed by atoms with E-state index in [1.807, 2.05) is 31.2 Å². The summed E-state index contributed by atoms with van der Waals surface area (Å²) >= 11 is 0. The smallest absolute Gasteiger partial charge is 0.330 e. The summed E-state index contributed by atoms with van der Waals surface area (Å²) in [6.45, 7) is 4.10. The molecule has 92 valence electrons. The molecule has 0 heterocycles. The topological polar surface area (TPSA) is 35.5 Å². The summed E-state index contributed by atoms with van der Waals surface area (Å²) in [5.41, 5.74) is 2.01. The van der Waals surface area contributed by atoms with Crippen molar-refractivity contribution in [1.82, 2.24) is 0 Å². The molecule has 0 aliphatic rings. The maximum atomic E-state index is 11.3. The van der Waals surface area contributed by atoms with E-state index in [2.05, 4.69) is 0 Å². The second-order valence-electron chi connectivity index (χ2n) is 3.73. The monoisotopic (exact) mass is 234 g/mol. The number of methoxy groups -OCH3 is 1. The molecule has 1 aromatic carbocycles. The number of allylic oxidation sites excluding steroid dienone is 1. The van der Waals surface area contributed by atoms with E-state index in [0.29, 0.717) is 13.0 Å². The molecule has 3 nitrogen and oxygen atoms in total. The number of benzene rings is 1. The summed E-state index contributed by atoms with van der Waals surface area (Å²) in [6.07, 6.45) is 2.21. The molecular formula is C14H18O3. The molecule has 0 radical (unpaired) electrons. The van der Waals surface area contributed by atoms with Gasteiger partial charge in [-0.2, -0.15) is 0 Å². The van der Waals surface area contributed by atoms with Crippen molar-refractivity contribution in [3.8, 4) is 5.75 Å². The van der Waals surface area contributed by atoms with Crippen molar-refractivity contribution in [2.75, 3.05) is 13.7 Å². The highest BCUT2D eigenvalue weighted by Crippen LogP contribution is 2.20. The first-order chi connectivity index (χ1) is 8.17. The molecule has 1 aromatic rings. The second kappa shape index (κ2) is 6.74. The number of para-hydroxylation sites is 1. The Labute approximate surface area is 102 Å². The number of hydrogen-bond donors (Lipinski definition) is 0. The van der Waals surface area contributed by atoms with Crippen molar-refractivity contribution in [2.24, 2.45) is 0 Å². The van der Waals surface area contributed by atoms with Gasteiger partial charge in [0.05, 0.1) is 13.7 Å². The van der Waals surface area contributed by atoms with E-state index >= 15 is 0 Å². The van der Waals surface area contributed by atoms with Crippen LogP contribution in [0.5, 0.6) is 5.75 Å². The molecule has 0 bridgehead atoms. The Morgan fingerprint density at radius 1 is 1.35 bits per heavy atom. The van der Waals surface area contributed by atoms with Gasteiger partial charge in [-0.3, -0.25) is 0 Å². The first-order valence-corrected chi connectivity index (χ1v) is 5.63. The van der Waals surface area contributed by atoms with Crippen LogP contribution in [0.1, 0.15) is 19.4 Å². The van der Waals surface area contributed by atoms with Crippen molar-refractivity contribution in [2.45, 2.75) is 20.3 Å². The average Bonchev–Trinajstić information content (AvgIpc) is 2.29. The van der Waals surface area contributed by atoms with Crippen molar-refractivity contribution in [1.29, 1.82) is 0 Å². The van der Waals surface area contributed by atoms with Crippen molar-refractivity contribution in [3.05, 3.63) is 41.5 Å². The first kappa shape index (κ1) is 13.3. The van der Waals surface area contributed by atoms with E-state index in [4.69, 9.17) is 9.47 Å². The van der Waals surface area contributed by atoms with Gasteiger partial charge >= 0.3 is 5.97 Å². The molecule has 3 heteroatoms. The predicted octanol–water partition coefficient (Wildman–Crippen LogP) is 2.75. The third-order valence-electron chi connectivity index (χ3n) is 2.31. The maximum absolute atomic E-state index is 11.3. The quantitative estimate of drug-likeness (QED) is 0.580. The van der Waals surface area contributed by atoms with Crippen LogP contribution in [-0.4, -0.2) is 19.7 Å². The van der Waals surface area contributed by atoms with Crippen molar-refractivity contribution >= 4 is 5.97 Å². The van der Waals surface area contributed by atoms with Gasteiger partial charge in [-0.1, -0.05) is 23.8 Å². The molecule has 1 rings (SSSR count). The number of carbonyl (C=O) groups is 1. The van der Waals surface area contributed by atoms with Gasteiger partial charge in [-0.15, -0.1) is 0 Å². The number of ether oxygens (including phenoxy) is 2. The molecule has 0 unspecified atom stereocenters. The van der Waals surface area contributed by atoms with Crippen LogP contribution in [0.2, 0.25) is 0 Å². The standard InChI is InChI=1S/C14H18O3/c1-4-17-14(15)10-11(2)9-12-7-5-6-8-13(12)16-3/h5-8,10H,4,9H2,1-3H3. The zero-order chi connectivity index (χ0) is 12.7. The summed E-state index contributed by atoms with van der Waals surface area (Å²) in [6, 6.07) is 7.77. The highest BCUT2D eigenvalue weighted by molar-refractivity contribution is 5.82. The lowest BCUT2D eigenvalue weighted by molar-refractivity contribution is -0.137. The Balaban J connectivity index is 2.73. The summed E-state index contributed by atoms with van der Waals surface area (Å²) in [5, 5.41) is 0. The van der Waals surface area contributed by atoms with Gasteiger partial charge in [-0.25, -0.2) is 4.79 Å². The van der Waals surface area contributed by atoms with Gasteiger partial charge < -0.3 is 9.47 Å². The largest absolute Gasteiger partial charge is 0.496 e. The average molecular weight is 234 g/mol. The molecule has 0 fully saturated rings. The van der Waals surface area contributed by atoms with E-state index < -0.39 is 0 Å². The molecule has 0 spiro atoms. The van der Waals surface area contributed by atoms with Gasteiger partial charge in [0.1, 0.15) is 5.75 Å². The minimum Gasteiger partial charge on any atom is -0.496 e. The highest BCUT2D eigenvalue weighted by atomic mass is 16.5. The fraction of sp³-hybridized carbons (Fsp3) is 0.357. The van der Waals surface area contributed by atoms with E-state index in [1.165, 1.54) is 6.08 Å². The predicted molar refractivity (Wildman–Crippen MR) is 67.1 cm³/mol. The Morgan fingerprint density at radius 3 is 2.71 bits per heavy atom. The summed E-state index contributed by atoms with van der Waals surface area (Å²) in [4.78, 5) is 11.3. The van der Waals surface area contributed by atoms with Gasteiger partial charge in [0.25, 0.3) is 0 Å². The van der Waals surface area contributed by atoms with E-state index in [1.54, 1.807) is 14.0 Å². The number of carbonyl (C=O) groups excluding carboxylic acids is 1. The summed E-state index contributed by atoms with van der Waals surface area (Å²) in [7, 11) is 1.64. The Morgan fingerprint density at radius 2 is 2.06 bits per heavy atom. The van der Waals surface area contributed by atoms with Crippen molar-refractivity contribution in [3.63, 3.8) is 0 Å². The molecule has 0 aliphatic heterocycles. The summed E-state index contributed by atoms with van der Waals surface area (Å²) in [5.74, 6) is 0.545. The molecule has 0 saturated heterocycles. The van der Waals surface area contributed by atoms with E-state index in [-0.39, 0.29) is 5.97 Å². The van der Waals surface area contributed by atoms with Crippen LogP contribution in [0.3, 0.4) is 0 Å². The molecule has 0 aliphatic carbocycles. The maximum Gasteiger partial charge on any atom is 0.330 e. The SMILES string of the molecule is CCOC(=O)C=C(C)Cc1ccccc1OC. The molecule has 0 N–H and O–H groups in total. The lowest BCUT2D eigenvalue weighted by Crippen LogP contribution is -2.01. The second-order valence-corrected chi connectivity index (χ2v) is 3.73. The van der Waals surface area contributed by atoms with Crippen LogP contribution in [0, 0.1) is 0 Å². The normalized spacial score (nSPS) is 11.1. The lowest BCUT2D eigenvalue weighted by atomic mass is 10.1. The van der Waals surface area contributed by atoms with Crippen molar-refractivity contribution < 1.29 is 14.3 Å². The molecule has 0 aromatic heterocycles. The third-order valence-corrected chi connectivity index (χ3v) is 2.31. The van der Waals surface area contributed by atoms with Crippen LogP contribution in [0.4, 0.5) is 0 Å². The van der Waals surface area contributed by atoms with Crippen LogP contribution in [0.25, 0.3) is 0 Å².